The highest BCUT2D eigenvalue weighted by Crippen LogP contribution is 2.30. The summed E-state index contributed by atoms with van der Waals surface area (Å²) < 4.78 is 8.08. The number of benzene rings is 2. The molecule has 0 spiro atoms. The van der Waals surface area contributed by atoms with Crippen LogP contribution in [0.4, 0.5) is 0 Å². The molecule has 30 heavy (non-hydrogen) atoms. The predicted molar refractivity (Wildman–Crippen MR) is 123 cm³/mol. The largest absolute Gasteiger partial charge is 0.492 e. The molecule has 154 valence electrons. The zero-order valence-corrected chi connectivity index (χ0v) is 17.8. The number of nitrogens with one attached hydrogen (secondary N) is 1. The van der Waals surface area contributed by atoms with E-state index >= 15 is 0 Å². The number of ether oxygens (including phenoxy) is 1. The number of nitrogens with two attached hydrogens (primary N) is 1. The maximum absolute atomic E-state index is 5.97. The minimum absolute atomic E-state index is 0.139. The Morgan fingerprint density at radius 1 is 1.17 bits per heavy atom. The molecule has 0 saturated carbocycles. The van der Waals surface area contributed by atoms with Crippen molar-refractivity contribution in [3.05, 3.63) is 78.9 Å². The Morgan fingerprint density at radius 2 is 1.93 bits per heavy atom. The summed E-state index contributed by atoms with van der Waals surface area (Å²) in [5, 5.41) is 1.10. The fourth-order valence-electron chi connectivity index (χ4n) is 3.57. The van der Waals surface area contributed by atoms with Gasteiger partial charge in [0.2, 0.25) is 0 Å². The lowest BCUT2D eigenvalue weighted by Crippen LogP contribution is -2.11. The summed E-state index contributed by atoms with van der Waals surface area (Å²) in [6.45, 7) is 11.7. The van der Waals surface area contributed by atoms with E-state index in [1.54, 1.807) is 0 Å². The standard InChI is InChI=1S/C25H28N4O/c1-17(26)18-5-10-23-21(13-18)22(14-28-23)24-15-27-16-29(24)11-12-30-20-8-6-19(7-9-20)25(2,3)4/h5-10,13-16,28H,1,11-12,26H2,2-4H3. The maximum atomic E-state index is 5.97. The van der Waals surface area contributed by atoms with Gasteiger partial charge in [0.15, 0.2) is 0 Å². The van der Waals surface area contributed by atoms with Crippen LogP contribution in [0.3, 0.4) is 0 Å². The number of H-pyrrole nitrogens is 1. The molecule has 0 amide bonds. The molecule has 2 heterocycles. The third-order valence-electron chi connectivity index (χ3n) is 5.36. The smallest absolute Gasteiger partial charge is 0.119 e. The monoisotopic (exact) mass is 400 g/mol. The number of aromatic nitrogens is 3. The van der Waals surface area contributed by atoms with Crippen molar-refractivity contribution in [1.82, 2.24) is 14.5 Å². The van der Waals surface area contributed by atoms with Crippen molar-refractivity contribution in [2.45, 2.75) is 32.7 Å². The van der Waals surface area contributed by atoms with Gasteiger partial charge in [-0.2, -0.15) is 0 Å². The van der Waals surface area contributed by atoms with E-state index in [1.807, 2.05) is 43.0 Å². The third-order valence-corrected chi connectivity index (χ3v) is 5.36. The van der Waals surface area contributed by atoms with Gasteiger partial charge in [-0.3, -0.25) is 0 Å². The van der Waals surface area contributed by atoms with Gasteiger partial charge in [0.25, 0.3) is 0 Å². The van der Waals surface area contributed by atoms with Gasteiger partial charge in [0, 0.05) is 28.4 Å². The molecule has 4 aromatic rings. The highest BCUT2D eigenvalue weighted by molar-refractivity contribution is 5.96. The van der Waals surface area contributed by atoms with Crippen LogP contribution in [-0.2, 0) is 12.0 Å². The lowest BCUT2D eigenvalue weighted by atomic mass is 9.87. The lowest BCUT2D eigenvalue weighted by Gasteiger charge is -2.19. The molecule has 0 fully saturated rings. The second kappa shape index (κ2) is 7.75. The van der Waals surface area contributed by atoms with Crippen LogP contribution < -0.4 is 10.5 Å². The molecule has 0 aliphatic carbocycles. The fraction of sp³-hybridized carbons (Fsp3) is 0.240. The minimum atomic E-state index is 0.139. The van der Waals surface area contributed by atoms with Gasteiger partial charge >= 0.3 is 0 Å². The van der Waals surface area contributed by atoms with E-state index in [1.165, 1.54) is 5.56 Å². The lowest BCUT2D eigenvalue weighted by molar-refractivity contribution is 0.299. The van der Waals surface area contributed by atoms with Crippen LogP contribution in [-0.4, -0.2) is 21.1 Å². The average molecular weight is 401 g/mol. The van der Waals surface area contributed by atoms with Gasteiger partial charge < -0.3 is 20.0 Å². The topological polar surface area (TPSA) is 68.9 Å². The van der Waals surface area contributed by atoms with E-state index in [-0.39, 0.29) is 5.41 Å². The van der Waals surface area contributed by atoms with Gasteiger partial charge in [-0.05, 0) is 40.8 Å². The van der Waals surface area contributed by atoms with Crippen molar-refractivity contribution in [3.8, 4) is 17.0 Å². The Kier molecular flexibility index (Phi) is 5.12. The molecular weight excluding hydrogens is 372 g/mol. The van der Waals surface area contributed by atoms with E-state index in [2.05, 4.69) is 60.1 Å². The first-order valence-corrected chi connectivity index (χ1v) is 10.1. The number of hydrogen-bond acceptors (Lipinski definition) is 3. The number of aromatic amines is 1. The fourth-order valence-corrected chi connectivity index (χ4v) is 3.57. The second-order valence-electron chi connectivity index (χ2n) is 8.58. The normalized spacial score (nSPS) is 11.7. The SMILES string of the molecule is C=C(N)c1ccc2[nH]cc(-c3cncn3CCOc3ccc(C(C)(C)C)cc3)c2c1. The molecule has 3 N–H and O–H groups in total. The Morgan fingerprint density at radius 3 is 2.63 bits per heavy atom. The molecule has 0 aliphatic rings. The van der Waals surface area contributed by atoms with E-state index < -0.39 is 0 Å². The number of hydrogen-bond donors (Lipinski definition) is 2. The van der Waals surface area contributed by atoms with Gasteiger partial charge in [-0.15, -0.1) is 0 Å². The molecule has 4 rings (SSSR count). The Bertz CT molecular complexity index is 1180. The molecule has 0 atom stereocenters. The molecule has 0 radical (unpaired) electrons. The van der Waals surface area contributed by atoms with Crippen molar-refractivity contribution in [2.75, 3.05) is 6.61 Å². The van der Waals surface area contributed by atoms with E-state index in [4.69, 9.17) is 10.5 Å². The Labute approximate surface area is 177 Å². The van der Waals surface area contributed by atoms with Crippen LogP contribution in [0.25, 0.3) is 27.9 Å². The number of nitrogens with zero attached hydrogens (tertiary/aromatic N) is 2. The highest BCUT2D eigenvalue weighted by atomic mass is 16.5. The van der Waals surface area contributed by atoms with Gasteiger partial charge in [0.05, 0.1) is 24.8 Å². The van der Waals surface area contributed by atoms with Crippen LogP contribution in [0.15, 0.2) is 67.8 Å². The van der Waals surface area contributed by atoms with E-state index in [0.29, 0.717) is 18.8 Å². The van der Waals surface area contributed by atoms with Crippen LogP contribution in [0.1, 0.15) is 31.9 Å². The zero-order chi connectivity index (χ0) is 21.3. The van der Waals surface area contributed by atoms with Crippen molar-refractivity contribution < 1.29 is 4.74 Å². The zero-order valence-electron chi connectivity index (χ0n) is 17.8. The van der Waals surface area contributed by atoms with Crippen molar-refractivity contribution in [2.24, 2.45) is 5.73 Å². The summed E-state index contributed by atoms with van der Waals surface area (Å²) in [7, 11) is 0. The maximum Gasteiger partial charge on any atom is 0.119 e. The molecule has 0 saturated heterocycles. The van der Waals surface area contributed by atoms with Crippen LogP contribution in [0.5, 0.6) is 5.75 Å². The van der Waals surface area contributed by atoms with Crippen molar-refractivity contribution in [1.29, 1.82) is 0 Å². The molecule has 5 heteroatoms. The Balaban J connectivity index is 1.50. The summed E-state index contributed by atoms with van der Waals surface area (Å²) in [4.78, 5) is 7.68. The summed E-state index contributed by atoms with van der Waals surface area (Å²) in [6, 6.07) is 14.4. The highest BCUT2D eigenvalue weighted by Gasteiger charge is 2.14. The quantitative estimate of drug-likeness (QED) is 0.459. The molecular formula is C25H28N4O. The third kappa shape index (κ3) is 3.96. The molecule has 0 aliphatic heterocycles. The summed E-state index contributed by atoms with van der Waals surface area (Å²) in [5.74, 6) is 0.878. The van der Waals surface area contributed by atoms with E-state index in [0.717, 1.165) is 33.5 Å². The van der Waals surface area contributed by atoms with Crippen LogP contribution in [0.2, 0.25) is 0 Å². The Hall–Kier alpha value is -3.47. The van der Waals surface area contributed by atoms with Gasteiger partial charge in [0.1, 0.15) is 12.4 Å². The van der Waals surface area contributed by atoms with Crippen molar-refractivity contribution >= 4 is 16.6 Å². The first-order valence-electron chi connectivity index (χ1n) is 10.1. The molecule has 0 bridgehead atoms. The molecule has 5 nitrogen and oxygen atoms in total. The predicted octanol–water partition coefficient (Wildman–Crippen LogP) is 5.34. The van der Waals surface area contributed by atoms with E-state index in [9.17, 15) is 0 Å². The van der Waals surface area contributed by atoms with Crippen LogP contribution in [0, 0.1) is 0 Å². The first kappa shape index (κ1) is 19.8. The van der Waals surface area contributed by atoms with Crippen molar-refractivity contribution in [3.63, 3.8) is 0 Å². The minimum Gasteiger partial charge on any atom is -0.492 e. The first-order chi connectivity index (χ1) is 14.3. The molecule has 0 unspecified atom stereocenters. The summed E-state index contributed by atoms with van der Waals surface area (Å²) in [5.41, 5.74) is 12.0. The van der Waals surface area contributed by atoms with Gasteiger partial charge in [-0.25, -0.2) is 4.98 Å². The second-order valence-corrected chi connectivity index (χ2v) is 8.58. The average Bonchev–Trinajstić information content (AvgIpc) is 3.33. The number of imidazole rings is 1. The van der Waals surface area contributed by atoms with Crippen LogP contribution >= 0.6 is 0 Å². The van der Waals surface area contributed by atoms with Gasteiger partial charge in [-0.1, -0.05) is 45.5 Å². The number of fused-ring (bicyclic) bond motifs is 1. The molecule has 2 aromatic heterocycles. The number of rotatable bonds is 6. The molecule has 2 aromatic carbocycles. The summed E-state index contributed by atoms with van der Waals surface area (Å²) in [6.07, 6.45) is 5.73. The summed E-state index contributed by atoms with van der Waals surface area (Å²) >= 11 is 0.